The molecule has 1 aromatic carbocycles. The number of aromatic nitrogens is 4. The summed E-state index contributed by atoms with van der Waals surface area (Å²) in [5.74, 6) is 0.627. The third-order valence-corrected chi connectivity index (χ3v) is 5.33. The van der Waals surface area contributed by atoms with Gasteiger partial charge in [-0.3, -0.25) is 0 Å². The summed E-state index contributed by atoms with van der Waals surface area (Å²) >= 11 is 1.59. The van der Waals surface area contributed by atoms with E-state index < -0.39 is 0 Å². The second kappa shape index (κ2) is 6.42. The van der Waals surface area contributed by atoms with Crippen molar-refractivity contribution in [3.8, 4) is 17.5 Å². The molecule has 1 aliphatic rings. The van der Waals surface area contributed by atoms with Gasteiger partial charge in [0.2, 0.25) is 0 Å². The molecule has 7 heteroatoms. The van der Waals surface area contributed by atoms with E-state index in [1.165, 1.54) is 5.56 Å². The van der Waals surface area contributed by atoms with Gasteiger partial charge in [-0.1, -0.05) is 30.3 Å². The summed E-state index contributed by atoms with van der Waals surface area (Å²) in [6.07, 6.45) is 2.26. The Kier molecular flexibility index (Phi) is 3.97. The Morgan fingerprint density at radius 2 is 1.96 bits per heavy atom. The molecule has 1 saturated heterocycles. The predicted octanol–water partition coefficient (Wildman–Crippen LogP) is 3.18. The highest BCUT2D eigenvalue weighted by Gasteiger charge is 2.23. The average Bonchev–Trinajstić information content (AvgIpc) is 3.31. The minimum atomic E-state index is 0.287. The van der Waals surface area contributed by atoms with Crippen LogP contribution in [0.1, 0.15) is 30.0 Å². The van der Waals surface area contributed by atoms with Crippen molar-refractivity contribution in [2.75, 3.05) is 18.0 Å². The Hall–Kier alpha value is -2.72. The van der Waals surface area contributed by atoms with Crippen LogP contribution < -0.4 is 4.90 Å². The van der Waals surface area contributed by atoms with Gasteiger partial charge in [-0.2, -0.15) is 15.6 Å². The number of rotatable bonds is 3. The zero-order valence-electron chi connectivity index (χ0n) is 13.0. The fourth-order valence-electron chi connectivity index (χ4n) is 3.14. The number of aromatic amines is 1. The molecule has 24 heavy (non-hydrogen) atoms. The van der Waals surface area contributed by atoms with E-state index in [-0.39, 0.29) is 5.69 Å². The molecule has 1 fully saturated rings. The van der Waals surface area contributed by atoms with E-state index in [2.05, 4.69) is 55.6 Å². The van der Waals surface area contributed by atoms with Gasteiger partial charge >= 0.3 is 0 Å². The lowest BCUT2D eigenvalue weighted by atomic mass is 9.90. The van der Waals surface area contributed by atoms with Crippen molar-refractivity contribution in [3.63, 3.8) is 0 Å². The van der Waals surface area contributed by atoms with Crippen molar-refractivity contribution in [2.45, 2.75) is 18.8 Å². The van der Waals surface area contributed by atoms with Crippen LogP contribution in [0.15, 0.2) is 35.7 Å². The number of nitrogens with one attached hydrogen (secondary N) is 1. The normalized spacial score (nSPS) is 15.4. The molecular formula is C17H16N6S. The molecule has 1 aliphatic heterocycles. The van der Waals surface area contributed by atoms with E-state index in [4.69, 9.17) is 5.26 Å². The predicted molar refractivity (Wildman–Crippen MR) is 92.8 cm³/mol. The van der Waals surface area contributed by atoms with Crippen molar-refractivity contribution >= 4 is 16.5 Å². The standard InChI is InChI=1S/C17H16N6S/c18-10-14-16(21-22-20-14)15-11-24-17(19-15)23-8-6-13(7-9-23)12-4-2-1-3-5-12/h1-5,11,13H,6-9H2,(H,20,21,22). The zero-order valence-corrected chi connectivity index (χ0v) is 13.8. The number of benzene rings is 1. The molecule has 0 atom stereocenters. The Balaban J connectivity index is 1.46. The number of piperidine rings is 1. The molecule has 4 rings (SSSR count). The summed E-state index contributed by atoms with van der Waals surface area (Å²) in [5.41, 5.74) is 2.96. The third kappa shape index (κ3) is 2.76. The highest BCUT2D eigenvalue weighted by atomic mass is 32.1. The van der Waals surface area contributed by atoms with E-state index in [9.17, 15) is 0 Å². The lowest BCUT2D eigenvalue weighted by Crippen LogP contribution is -2.32. The second-order valence-corrected chi connectivity index (χ2v) is 6.66. The molecule has 0 saturated carbocycles. The van der Waals surface area contributed by atoms with Crippen LogP contribution in [0.25, 0.3) is 11.4 Å². The molecule has 0 spiro atoms. The topological polar surface area (TPSA) is 81.5 Å². The summed E-state index contributed by atoms with van der Waals surface area (Å²) in [7, 11) is 0. The van der Waals surface area contributed by atoms with Gasteiger partial charge in [0.1, 0.15) is 17.5 Å². The van der Waals surface area contributed by atoms with Crippen LogP contribution in [0.5, 0.6) is 0 Å². The largest absolute Gasteiger partial charge is 0.348 e. The minimum Gasteiger partial charge on any atom is -0.348 e. The van der Waals surface area contributed by atoms with Crippen LogP contribution >= 0.6 is 11.3 Å². The molecular weight excluding hydrogens is 320 g/mol. The Morgan fingerprint density at radius 1 is 1.17 bits per heavy atom. The van der Waals surface area contributed by atoms with E-state index in [0.717, 1.165) is 31.1 Å². The molecule has 120 valence electrons. The Morgan fingerprint density at radius 3 is 2.71 bits per heavy atom. The van der Waals surface area contributed by atoms with Crippen LogP contribution in [-0.2, 0) is 0 Å². The Labute approximate surface area is 143 Å². The van der Waals surface area contributed by atoms with Gasteiger partial charge in [0.25, 0.3) is 0 Å². The van der Waals surface area contributed by atoms with Crippen LogP contribution in [0.3, 0.4) is 0 Å². The van der Waals surface area contributed by atoms with Crippen molar-refractivity contribution in [3.05, 3.63) is 47.0 Å². The van der Waals surface area contributed by atoms with Gasteiger partial charge in [-0.05, 0) is 24.3 Å². The van der Waals surface area contributed by atoms with Crippen LogP contribution in [0, 0.1) is 11.3 Å². The lowest BCUT2D eigenvalue weighted by molar-refractivity contribution is 0.505. The van der Waals surface area contributed by atoms with Crippen molar-refractivity contribution in [1.29, 1.82) is 5.26 Å². The molecule has 3 aromatic rings. The minimum absolute atomic E-state index is 0.287. The van der Waals surface area contributed by atoms with E-state index in [1.807, 2.05) is 11.4 Å². The molecule has 0 bridgehead atoms. The van der Waals surface area contributed by atoms with Gasteiger partial charge in [-0.25, -0.2) is 4.98 Å². The SMILES string of the molecule is N#Cc1n[nH]nc1-c1csc(N2CCC(c3ccccc3)CC2)n1. The number of H-pyrrole nitrogens is 1. The second-order valence-electron chi connectivity index (χ2n) is 5.82. The van der Waals surface area contributed by atoms with Crippen molar-refractivity contribution in [1.82, 2.24) is 20.4 Å². The van der Waals surface area contributed by atoms with Crippen molar-refractivity contribution < 1.29 is 0 Å². The smallest absolute Gasteiger partial charge is 0.192 e. The average molecular weight is 336 g/mol. The third-order valence-electron chi connectivity index (χ3n) is 4.42. The summed E-state index contributed by atoms with van der Waals surface area (Å²) in [5, 5.41) is 22.3. The quantitative estimate of drug-likeness (QED) is 0.794. The van der Waals surface area contributed by atoms with E-state index >= 15 is 0 Å². The summed E-state index contributed by atoms with van der Waals surface area (Å²) in [6, 6.07) is 12.8. The fourth-order valence-corrected chi connectivity index (χ4v) is 4.00. The first-order chi connectivity index (χ1) is 11.8. The van der Waals surface area contributed by atoms with Gasteiger partial charge in [-0.15, -0.1) is 16.4 Å². The molecule has 0 aliphatic carbocycles. The summed E-state index contributed by atoms with van der Waals surface area (Å²) in [6.45, 7) is 1.99. The number of nitrogens with zero attached hydrogens (tertiary/aromatic N) is 5. The van der Waals surface area contributed by atoms with Crippen LogP contribution in [0.4, 0.5) is 5.13 Å². The van der Waals surface area contributed by atoms with Crippen molar-refractivity contribution in [2.24, 2.45) is 0 Å². The fraction of sp³-hybridized carbons (Fsp3) is 0.294. The first-order valence-electron chi connectivity index (χ1n) is 7.92. The molecule has 6 nitrogen and oxygen atoms in total. The monoisotopic (exact) mass is 336 g/mol. The number of hydrogen-bond acceptors (Lipinski definition) is 6. The van der Waals surface area contributed by atoms with Gasteiger partial charge < -0.3 is 4.90 Å². The first kappa shape index (κ1) is 14.8. The van der Waals surface area contributed by atoms with E-state index in [1.54, 1.807) is 11.3 Å². The Bertz CT molecular complexity index is 855. The zero-order chi connectivity index (χ0) is 16.4. The number of nitriles is 1. The number of thiazole rings is 1. The van der Waals surface area contributed by atoms with Gasteiger partial charge in [0.15, 0.2) is 10.8 Å². The molecule has 3 heterocycles. The number of anilines is 1. The molecule has 0 radical (unpaired) electrons. The first-order valence-corrected chi connectivity index (χ1v) is 8.80. The van der Waals surface area contributed by atoms with Crippen LogP contribution in [0.2, 0.25) is 0 Å². The summed E-state index contributed by atoms with van der Waals surface area (Å²) < 4.78 is 0. The highest BCUT2D eigenvalue weighted by molar-refractivity contribution is 7.14. The molecule has 0 amide bonds. The van der Waals surface area contributed by atoms with Gasteiger partial charge in [0.05, 0.1) is 0 Å². The maximum Gasteiger partial charge on any atom is 0.192 e. The number of hydrogen-bond donors (Lipinski definition) is 1. The lowest BCUT2D eigenvalue weighted by Gasteiger charge is -2.32. The molecule has 1 N–H and O–H groups in total. The highest BCUT2D eigenvalue weighted by Crippen LogP contribution is 2.33. The maximum atomic E-state index is 9.05. The molecule has 2 aromatic heterocycles. The maximum absolute atomic E-state index is 9.05. The summed E-state index contributed by atoms with van der Waals surface area (Å²) in [4.78, 5) is 6.97. The van der Waals surface area contributed by atoms with Gasteiger partial charge in [0, 0.05) is 18.5 Å². The van der Waals surface area contributed by atoms with E-state index in [0.29, 0.717) is 17.3 Å². The molecule has 0 unspecified atom stereocenters. The van der Waals surface area contributed by atoms with Crippen LogP contribution in [-0.4, -0.2) is 33.5 Å².